The maximum absolute atomic E-state index is 14.2. The summed E-state index contributed by atoms with van der Waals surface area (Å²) in [6.07, 6.45) is 3.75. The highest BCUT2D eigenvalue weighted by atomic mass is 19.1. The Kier molecular flexibility index (Phi) is 5.46. The second kappa shape index (κ2) is 7.94. The summed E-state index contributed by atoms with van der Waals surface area (Å²) in [6.45, 7) is 3.27. The Balaban J connectivity index is 1.65. The maximum Gasteiger partial charge on any atom is 0.131 e. The highest BCUT2D eigenvalue weighted by molar-refractivity contribution is 5.30. The van der Waals surface area contributed by atoms with Crippen LogP contribution in [0, 0.1) is 5.82 Å². The maximum atomic E-state index is 14.2. The van der Waals surface area contributed by atoms with Gasteiger partial charge in [-0.25, -0.2) is 9.37 Å². The molecule has 0 bridgehead atoms. The zero-order valence-electron chi connectivity index (χ0n) is 14.4. The predicted molar refractivity (Wildman–Crippen MR) is 96.0 cm³/mol. The molecule has 0 aliphatic carbocycles. The van der Waals surface area contributed by atoms with Gasteiger partial charge in [0.05, 0.1) is 13.7 Å². The first-order valence-corrected chi connectivity index (χ1v) is 8.28. The molecule has 3 rings (SSSR count). The van der Waals surface area contributed by atoms with Crippen LogP contribution < -0.4 is 10.1 Å². The summed E-state index contributed by atoms with van der Waals surface area (Å²) < 4.78 is 21.3. The van der Waals surface area contributed by atoms with E-state index in [1.165, 1.54) is 18.7 Å². The van der Waals surface area contributed by atoms with Gasteiger partial charge in [0.15, 0.2) is 0 Å². The SMILES string of the molecule is COc1ccc(C(C)NCc2nccn2Cc2ccccc2)c(F)c1. The molecule has 1 atom stereocenters. The van der Waals surface area contributed by atoms with Gasteiger partial charge in [-0.05, 0) is 18.6 Å². The minimum Gasteiger partial charge on any atom is -0.497 e. The summed E-state index contributed by atoms with van der Waals surface area (Å²) >= 11 is 0. The van der Waals surface area contributed by atoms with Crippen LogP contribution in [-0.4, -0.2) is 16.7 Å². The van der Waals surface area contributed by atoms with E-state index in [1.54, 1.807) is 18.3 Å². The van der Waals surface area contributed by atoms with Gasteiger partial charge in [-0.2, -0.15) is 0 Å². The van der Waals surface area contributed by atoms with E-state index in [0.29, 0.717) is 17.9 Å². The molecular formula is C20H22FN3O. The van der Waals surface area contributed by atoms with E-state index in [2.05, 4.69) is 27.0 Å². The molecule has 4 nitrogen and oxygen atoms in total. The number of nitrogens with one attached hydrogen (secondary N) is 1. The Morgan fingerprint density at radius 3 is 2.72 bits per heavy atom. The van der Waals surface area contributed by atoms with Gasteiger partial charge in [0.2, 0.25) is 0 Å². The number of aromatic nitrogens is 2. The van der Waals surface area contributed by atoms with Crippen LogP contribution in [0.3, 0.4) is 0 Å². The Morgan fingerprint density at radius 2 is 2.00 bits per heavy atom. The number of rotatable bonds is 7. The van der Waals surface area contributed by atoms with Gasteiger partial charge in [0.1, 0.15) is 17.4 Å². The molecule has 0 saturated heterocycles. The van der Waals surface area contributed by atoms with E-state index in [1.807, 2.05) is 31.3 Å². The molecule has 1 heterocycles. The molecule has 25 heavy (non-hydrogen) atoms. The van der Waals surface area contributed by atoms with Crippen molar-refractivity contribution >= 4 is 0 Å². The fourth-order valence-corrected chi connectivity index (χ4v) is 2.77. The Hall–Kier alpha value is -2.66. The molecule has 0 spiro atoms. The largest absolute Gasteiger partial charge is 0.497 e. The van der Waals surface area contributed by atoms with Gasteiger partial charge < -0.3 is 14.6 Å². The Bertz CT molecular complexity index is 817. The quantitative estimate of drug-likeness (QED) is 0.709. The third-order valence-corrected chi connectivity index (χ3v) is 4.24. The molecule has 1 unspecified atom stereocenters. The molecular weight excluding hydrogens is 317 g/mol. The predicted octanol–water partition coefficient (Wildman–Crippen LogP) is 3.93. The fraction of sp³-hybridized carbons (Fsp3) is 0.250. The first-order chi connectivity index (χ1) is 12.2. The number of nitrogens with zero attached hydrogens (tertiary/aromatic N) is 2. The number of imidazole rings is 1. The summed E-state index contributed by atoms with van der Waals surface area (Å²) in [5.74, 6) is 1.17. The minimum atomic E-state index is -0.271. The topological polar surface area (TPSA) is 39.1 Å². The summed E-state index contributed by atoms with van der Waals surface area (Å²) in [4.78, 5) is 4.41. The molecule has 0 aliphatic heterocycles. The van der Waals surface area contributed by atoms with E-state index < -0.39 is 0 Å². The van der Waals surface area contributed by atoms with Crippen LogP contribution in [-0.2, 0) is 13.1 Å². The van der Waals surface area contributed by atoms with Gasteiger partial charge in [-0.3, -0.25) is 0 Å². The number of benzene rings is 2. The van der Waals surface area contributed by atoms with Crippen molar-refractivity contribution in [3.8, 4) is 5.75 Å². The van der Waals surface area contributed by atoms with Crippen LogP contribution >= 0.6 is 0 Å². The van der Waals surface area contributed by atoms with Crippen molar-refractivity contribution in [3.63, 3.8) is 0 Å². The molecule has 0 saturated carbocycles. The Morgan fingerprint density at radius 1 is 1.20 bits per heavy atom. The third kappa shape index (κ3) is 4.25. The van der Waals surface area contributed by atoms with E-state index in [4.69, 9.17) is 4.74 Å². The van der Waals surface area contributed by atoms with Crippen molar-refractivity contribution < 1.29 is 9.13 Å². The van der Waals surface area contributed by atoms with E-state index in [0.717, 1.165) is 12.4 Å². The van der Waals surface area contributed by atoms with E-state index in [9.17, 15) is 4.39 Å². The zero-order chi connectivity index (χ0) is 17.6. The molecule has 0 aliphatic rings. The highest BCUT2D eigenvalue weighted by Gasteiger charge is 2.13. The molecule has 2 aromatic carbocycles. The zero-order valence-corrected chi connectivity index (χ0v) is 14.4. The molecule has 0 radical (unpaired) electrons. The summed E-state index contributed by atoms with van der Waals surface area (Å²) in [7, 11) is 1.53. The van der Waals surface area contributed by atoms with Crippen molar-refractivity contribution in [3.05, 3.63) is 83.7 Å². The standard InChI is InChI=1S/C20H22FN3O/c1-15(18-9-8-17(25-2)12-19(18)21)23-13-20-22-10-11-24(20)14-16-6-4-3-5-7-16/h3-12,15,23H,13-14H2,1-2H3. The number of methoxy groups -OCH3 is 1. The molecule has 1 aromatic heterocycles. The van der Waals surface area contributed by atoms with Gasteiger partial charge in [0.25, 0.3) is 0 Å². The molecule has 0 amide bonds. The molecule has 130 valence electrons. The average molecular weight is 339 g/mol. The smallest absolute Gasteiger partial charge is 0.131 e. The van der Waals surface area contributed by atoms with Crippen molar-refractivity contribution in [2.45, 2.75) is 26.1 Å². The monoisotopic (exact) mass is 339 g/mol. The number of hydrogen-bond acceptors (Lipinski definition) is 3. The molecule has 1 N–H and O–H groups in total. The van der Waals surface area contributed by atoms with Crippen molar-refractivity contribution in [2.24, 2.45) is 0 Å². The van der Waals surface area contributed by atoms with Crippen molar-refractivity contribution in [1.82, 2.24) is 14.9 Å². The summed E-state index contributed by atoms with van der Waals surface area (Å²) in [5.41, 5.74) is 1.83. The second-order valence-electron chi connectivity index (χ2n) is 5.95. The van der Waals surface area contributed by atoms with E-state index >= 15 is 0 Å². The van der Waals surface area contributed by atoms with Crippen molar-refractivity contribution in [2.75, 3.05) is 7.11 Å². The van der Waals surface area contributed by atoms with Gasteiger partial charge in [-0.15, -0.1) is 0 Å². The number of halogens is 1. The minimum absolute atomic E-state index is 0.132. The van der Waals surface area contributed by atoms with Gasteiger partial charge in [-0.1, -0.05) is 36.4 Å². The first kappa shape index (κ1) is 17.2. The van der Waals surface area contributed by atoms with Crippen LogP contribution in [0.5, 0.6) is 5.75 Å². The summed E-state index contributed by atoms with van der Waals surface area (Å²) in [5, 5.41) is 3.34. The summed E-state index contributed by atoms with van der Waals surface area (Å²) in [6, 6.07) is 15.0. The Labute approximate surface area is 147 Å². The lowest BCUT2D eigenvalue weighted by Crippen LogP contribution is -2.21. The third-order valence-electron chi connectivity index (χ3n) is 4.24. The average Bonchev–Trinajstić information content (AvgIpc) is 3.07. The van der Waals surface area contributed by atoms with Crippen LogP contribution in [0.25, 0.3) is 0 Å². The van der Waals surface area contributed by atoms with E-state index in [-0.39, 0.29) is 11.9 Å². The molecule has 3 aromatic rings. The van der Waals surface area contributed by atoms with Crippen LogP contribution in [0.15, 0.2) is 60.9 Å². The lowest BCUT2D eigenvalue weighted by molar-refractivity contribution is 0.409. The molecule has 0 fully saturated rings. The van der Waals surface area contributed by atoms with Crippen LogP contribution in [0.1, 0.15) is 29.9 Å². The highest BCUT2D eigenvalue weighted by Crippen LogP contribution is 2.22. The van der Waals surface area contributed by atoms with Crippen molar-refractivity contribution in [1.29, 1.82) is 0 Å². The lowest BCUT2D eigenvalue weighted by Gasteiger charge is -2.16. The van der Waals surface area contributed by atoms with Gasteiger partial charge >= 0.3 is 0 Å². The number of hydrogen-bond donors (Lipinski definition) is 1. The molecule has 5 heteroatoms. The number of ether oxygens (including phenoxy) is 1. The lowest BCUT2D eigenvalue weighted by atomic mass is 10.1. The van der Waals surface area contributed by atoms with Crippen LogP contribution in [0.4, 0.5) is 4.39 Å². The first-order valence-electron chi connectivity index (χ1n) is 8.28. The van der Waals surface area contributed by atoms with Crippen LogP contribution in [0.2, 0.25) is 0 Å². The normalized spacial score (nSPS) is 12.1. The second-order valence-corrected chi connectivity index (χ2v) is 5.95. The van der Waals surface area contributed by atoms with Gasteiger partial charge in [0, 0.05) is 36.6 Å². The fourth-order valence-electron chi connectivity index (χ4n) is 2.77.